The van der Waals surface area contributed by atoms with Crippen molar-refractivity contribution in [2.75, 3.05) is 0 Å². The van der Waals surface area contributed by atoms with Crippen LogP contribution >= 0.6 is 23.2 Å². The van der Waals surface area contributed by atoms with Gasteiger partial charge >= 0.3 is 0 Å². The van der Waals surface area contributed by atoms with Crippen LogP contribution in [0.25, 0.3) is 22.2 Å². The highest BCUT2D eigenvalue weighted by molar-refractivity contribution is 6.41. The van der Waals surface area contributed by atoms with Gasteiger partial charge in [-0.05, 0) is 0 Å². The quantitative estimate of drug-likeness (QED) is 0.620. The molecule has 0 atom stereocenters. The fourth-order valence-electron chi connectivity index (χ4n) is 1.94. The summed E-state index contributed by atoms with van der Waals surface area (Å²) in [7, 11) is 0. The van der Waals surface area contributed by atoms with Crippen LogP contribution in [-0.2, 0) is 0 Å². The molecule has 1 aromatic carbocycles. The van der Waals surface area contributed by atoms with Gasteiger partial charge in [0.15, 0.2) is 0 Å². The second-order valence-electron chi connectivity index (χ2n) is 4.09. The van der Waals surface area contributed by atoms with Gasteiger partial charge in [-0.3, -0.25) is 0 Å². The number of rotatable bonds is 1. The molecule has 106 valence electrons. The van der Waals surface area contributed by atoms with E-state index in [1.165, 1.54) is 12.5 Å². The van der Waals surface area contributed by atoms with E-state index in [9.17, 15) is 13.2 Å². The van der Waals surface area contributed by atoms with E-state index in [1.807, 2.05) is 0 Å². The molecule has 0 saturated heterocycles. The molecule has 0 bridgehead atoms. The molecule has 0 spiro atoms. The van der Waals surface area contributed by atoms with Crippen molar-refractivity contribution in [3.8, 4) is 11.1 Å². The van der Waals surface area contributed by atoms with Crippen molar-refractivity contribution in [2.45, 2.75) is 0 Å². The molecule has 0 amide bonds. The first kappa shape index (κ1) is 14.0. The third-order valence-electron chi connectivity index (χ3n) is 2.80. The zero-order chi connectivity index (χ0) is 15.1. The highest BCUT2D eigenvalue weighted by Gasteiger charge is 2.22. The molecular weight excluding hydrogens is 326 g/mol. The van der Waals surface area contributed by atoms with Gasteiger partial charge in [0.05, 0.1) is 16.8 Å². The molecule has 0 fully saturated rings. The highest BCUT2D eigenvalue weighted by Crippen LogP contribution is 2.39. The zero-order valence-electron chi connectivity index (χ0n) is 10.0. The van der Waals surface area contributed by atoms with Crippen molar-refractivity contribution in [1.82, 2.24) is 15.0 Å². The van der Waals surface area contributed by atoms with Gasteiger partial charge in [-0.25, -0.2) is 28.1 Å². The Bertz CT molecular complexity index is 848. The second kappa shape index (κ2) is 5.13. The summed E-state index contributed by atoms with van der Waals surface area (Å²) in [5.41, 5.74) is -0.271. The average molecular weight is 330 g/mol. The summed E-state index contributed by atoms with van der Waals surface area (Å²) < 4.78 is 40.8. The molecule has 0 aliphatic rings. The summed E-state index contributed by atoms with van der Waals surface area (Å²) in [6.45, 7) is 0. The van der Waals surface area contributed by atoms with E-state index in [1.54, 1.807) is 0 Å². The zero-order valence-corrected chi connectivity index (χ0v) is 11.6. The fraction of sp³-hybridized carbons (Fsp3) is 0. The smallest absolute Gasteiger partial charge is 0.139 e. The molecule has 21 heavy (non-hydrogen) atoms. The number of hydrogen-bond acceptors (Lipinski definition) is 3. The summed E-state index contributed by atoms with van der Waals surface area (Å²) in [6, 6.07) is 1.07. The summed E-state index contributed by atoms with van der Waals surface area (Å²) in [5, 5.41) is -0.316. The molecule has 0 saturated carbocycles. The van der Waals surface area contributed by atoms with E-state index in [0.29, 0.717) is 12.1 Å². The average Bonchev–Trinajstić information content (AvgIpc) is 2.41. The lowest BCUT2D eigenvalue weighted by Crippen LogP contribution is -1.97. The van der Waals surface area contributed by atoms with Gasteiger partial charge in [0.2, 0.25) is 0 Å². The molecule has 0 N–H and O–H groups in total. The van der Waals surface area contributed by atoms with Gasteiger partial charge in [0.1, 0.15) is 40.0 Å². The maximum Gasteiger partial charge on any atom is 0.139 e. The minimum atomic E-state index is -1.13. The van der Waals surface area contributed by atoms with E-state index in [2.05, 4.69) is 15.0 Å². The van der Waals surface area contributed by atoms with Gasteiger partial charge in [0.25, 0.3) is 0 Å². The van der Waals surface area contributed by atoms with Gasteiger partial charge in [-0.15, -0.1) is 0 Å². The maximum atomic E-state index is 13.9. The lowest BCUT2D eigenvalue weighted by atomic mass is 10.1. The van der Waals surface area contributed by atoms with E-state index in [4.69, 9.17) is 23.2 Å². The Hall–Kier alpha value is -1.92. The van der Waals surface area contributed by atoms with E-state index < -0.39 is 23.0 Å². The normalized spacial score (nSPS) is 11.1. The van der Waals surface area contributed by atoms with Crippen molar-refractivity contribution in [1.29, 1.82) is 0 Å². The highest BCUT2D eigenvalue weighted by atomic mass is 35.5. The predicted octanol–water partition coefficient (Wildman–Crippen LogP) is 4.42. The van der Waals surface area contributed by atoms with Gasteiger partial charge in [-0.1, -0.05) is 23.2 Å². The van der Waals surface area contributed by atoms with E-state index in [0.717, 1.165) is 0 Å². The molecule has 3 rings (SSSR count). The molecule has 0 radical (unpaired) electrons. The molecule has 2 aromatic heterocycles. The lowest BCUT2D eigenvalue weighted by Gasteiger charge is -2.11. The Morgan fingerprint density at radius 2 is 1.62 bits per heavy atom. The SMILES string of the molecule is Fc1cc(F)c(-c2c(Cl)nc3cncnc3c2Cl)c(F)c1. The molecule has 8 heteroatoms. The number of nitrogens with zero attached hydrogens (tertiary/aromatic N) is 3. The topological polar surface area (TPSA) is 38.7 Å². The number of halogens is 5. The largest absolute Gasteiger partial charge is 0.243 e. The first-order valence-corrected chi connectivity index (χ1v) is 6.34. The Morgan fingerprint density at radius 1 is 0.952 bits per heavy atom. The maximum absolute atomic E-state index is 13.9. The van der Waals surface area contributed by atoms with Crippen molar-refractivity contribution >= 4 is 34.2 Å². The third-order valence-corrected chi connectivity index (χ3v) is 3.44. The van der Waals surface area contributed by atoms with Crippen LogP contribution in [0.1, 0.15) is 0 Å². The summed E-state index contributed by atoms with van der Waals surface area (Å²) >= 11 is 12.1. The first-order chi connectivity index (χ1) is 9.99. The monoisotopic (exact) mass is 329 g/mol. The van der Waals surface area contributed by atoms with Gasteiger partial charge in [0, 0.05) is 17.7 Å². The molecule has 2 heterocycles. The Morgan fingerprint density at radius 3 is 2.29 bits per heavy atom. The summed E-state index contributed by atoms with van der Waals surface area (Å²) in [5.74, 6) is -3.31. The Labute approximate surface area is 126 Å². The second-order valence-corrected chi connectivity index (χ2v) is 4.83. The van der Waals surface area contributed by atoms with Crippen LogP contribution in [0.4, 0.5) is 13.2 Å². The van der Waals surface area contributed by atoms with Crippen LogP contribution in [0.2, 0.25) is 10.2 Å². The van der Waals surface area contributed by atoms with E-state index in [-0.39, 0.29) is 26.8 Å². The molecule has 0 aliphatic heterocycles. The Balaban J connectivity index is 2.41. The van der Waals surface area contributed by atoms with Crippen molar-refractivity contribution in [3.05, 3.63) is 52.3 Å². The summed E-state index contributed by atoms with van der Waals surface area (Å²) in [6.07, 6.45) is 2.58. The van der Waals surface area contributed by atoms with Crippen molar-refractivity contribution in [2.24, 2.45) is 0 Å². The lowest BCUT2D eigenvalue weighted by molar-refractivity contribution is 0.548. The molecule has 0 aliphatic carbocycles. The van der Waals surface area contributed by atoms with Crippen LogP contribution in [0.5, 0.6) is 0 Å². The molecular formula is C13H4Cl2F3N3. The van der Waals surface area contributed by atoms with Crippen LogP contribution in [0, 0.1) is 17.5 Å². The van der Waals surface area contributed by atoms with Gasteiger partial charge in [-0.2, -0.15) is 0 Å². The van der Waals surface area contributed by atoms with Crippen LogP contribution in [0.3, 0.4) is 0 Å². The van der Waals surface area contributed by atoms with Crippen LogP contribution in [-0.4, -0.2) is 15.0 Å². The number of hydrogen-bond donors (Lipinski definition) is 0. The number of pyridine rings is 1. The van der Waals surface area contributed by atoms with Crippen molar-refractivity contribution in [3.63, 3.8) is 0 Å². The van der Waals surface area contributed by atoms with Gasteiger partial charge < -0.3 is 0 Å². The molecule has 3 nitrogen and oxygen atoms in total. The predicted molar refractivity (Wildman–Crippen MR) is 72.7 cm³/mol. The standard InChI is InChI=1S/C13H4Cl2F3N3/c14-11-10(9-6(17)1-5(16)2-7(9)18)13(15)21-8-3-19-4-20-12(8)11/h1-4H. The number of benzene rings is 1. The minimum absolute atomic E-state index is 0.0863. The van der Waals surface area contributed by atoms with Crippen molar-refractivity contribution < 1.29 is 13.2 Å². The van der Waals surface area contributed by atoms with E-state index >= 15 is 0 Å². The third kappa shape index (κ3) is 2.30. The number of aromatic nitrogens is 3. The first-order valence-electron chi connectivity index (χ1n) is 5.58. The molecule has 0 unspecified atom stereocenters. The fourth-order valence-corrected chi connectivity index (χ4v) is 2.60. The minimum Gasteiger partial charge on any atom is -0.243 e. The Kier molecular flexibility index (Phi) is 3.43. The summed E-state index contributed by atoms with van der Waals surface area (Å²) in [4.78, 5) is 11.6. The van der Waals surface area contributed by atoms with Crippen LogP contribution < -0.4 is 0 Å². The molecule has 3 aromatic rings. The van der Waals surface area contributed by atoms with Crippen LogP contribution in [0.15, 0.2) is 24.7 Å². The number of fused-ring (bicyclic) bond motifs is 1.